The number of nitrogens with one attached hydrogen (secondary N) is 2. The Hall–Kier alpha value is -3.19. The first kappa shape index (κ1) is 18.2. The summed E-state index contributed by atoms with van der Waals surface area (Å²) in [6, 6.07) is 9.62. The highest BCUT2D eigenvalue weighted by molar-refractivity contribution is 5.55. The van der Waals surface area contributed by atoms with Crippen molar-refractivity contribution < 1.29 is 9.26 Å². The molecule has 1 aromatic carbocycles. The van der Waals surface area contributed by atoms with E-state index in [1.54, 1.807) is 0 Å². The van der Waals surface area contributed by atoms with E-state index in [0.717, 1.165) is 42.1 Å². The lowest BCUT2D eigenvalue weighted by molar-refractivity contribution is 0.361. The molecular weight excluding hydrogens is 356 g/mol. The van der Waals surface area contributed by atoms with Gasteiger partial charge in [0.15, 0.2) is 0 Å². The van der Waals surface area contributed by atoms with Crippen LogP contribution in [-0.4, -0.2) is 28.3 Å². The molecule has 0 aliphatic carbocycles. The maximum atomic E-state index is 12.4. The van der Waals surface area contributed by atoms with Crippen LogP contribution in [0.15, 0.2) is 51.8 Å². The molecule has 0 unspecified atom stereocenters. The highest BCUT2D eigenvalue weighted by Gasteiger charge is 2.17. The van der Waals surface area contributed by atoms with Crippen molar-refractivity contribution in [3.05, 3.63) is 75.5 Å². The van der Waals surface area contributed by atoms with Crippen molar-refractivity contribution in [3.8, 4) is 17.1 Å². The van der Waals surface area contributed by atoms with E-state index < -0.39 is 0 Å². The minimum Gasteiger partial charge on any atom is -0.490 e. The van der Waals surface area contributed by atoms with E-state index in [4.69, 9.17) is 9.26 Å². The molecule has 4 rings (SSSR count). The summed E-state index contributed by atoms with van der Waals surface area (Å²) in [5.41, 5.74) is 3.29. The van der Waals surface area contributed by atoms with Gasteiger partial charge < -0.3 is 19.6 Å². The predicted octanol–water partition coefficient (Wildman–Crippen LogP) is 2.62. The fourth-order valence-electron chi connectivity index (χ4n) is 3.19. The highest BCUT2D eigenvalue weighted by Crippen LogP contribution is 2.20. The summed E-state index contributed by atoms with van der Waals surface area (Å²) in [4.78, 5) is 19.8. The third-order valence-corrected chi connectivity index (χ3v) is 4.63. The fraction of sp³-hybridized carbons (Fsp3) is 0.286. The van der Waals surface area contributed by atoms with Crippen molar-refractivity contribution in [1.29, 1.82) is 0 Å². The van der Waals surface area contributed by atoms with E-state index in [-0.39, 0.29) is 5.56 Å². The van der Waals surface area contributed by atoms with Crippen molar-refractivity contribution in [2.45, 2.75) is 26.3 Å². The first-order chi connectivity index (χ1) is 13.7. The number of fused-ring (bicyclic) bond motifs is 1. The molecule has 0 fully saturated rings. The van der Waals surface area contributed by atoms with Crippen LogP contribution in [0, 0.1) is 0 Å². The Morgan fingerprint density at radius 3 is 3.14 bits per heavy atom. The predicted molar refractivity (Wildman–Crippen MR) is 105 cm³/mol. The molecule has 3 heterocycles. The van der Waals surface area contributed by atoms with E-state index in [9.17, 15) is 4.79 Å². The van der Waals surface area contributed by atoms with E-state index in [1.807, 2.05) is 49.4 Å². The number of benzene rings is 1. The second-order valence-corrected chi connectivity index (χ2v) is 6.66. The third-order valence-electron chi connectivity index (χ3n) is 4.63. The van der Waals surface area contributed by atoms with Crippen molar-refractivity contribution in [1.82, 2.24) is 20.4 Å². The lowest BCUT2D eigenvalue weighted by Crippen LogP contribution is -2.27. The van der Waals surface area contributed by atoms with Crippen LogP contribution in [0.5, 0.6) is 5.75 Å². The molecular formula is C21H22N4O3. The molecule has 2 N–H and O–H groups in total. The van der Waals surface area contributed by atoms with Crippen LogP contribution in [0.2, 0.25) is 0 Å². The molecule has 0 bridgehead atoms. The first-order valence-corrected chi connectivity index (χ1v) is 9.34. The first-order valence-electron chi connectivity index (χ1n) is 9.34. The molecule has 0 saturated heterocycles. The maximum Gasteiger partial charge on any atom is 0.259 e. The lowest BCUT2D eigenvalue weighted by Gasteiger charge is -2.16. The summed E-state index contributed by atoms with van der Waals surface area (Å²) >= 11 is 0. The molecule has 1 aliphatic rings. The molecule has 0 spiro atoms. The Morgan fingerprint density at radius 1 is 1.32 bits per heavy atom. The number of pyridine rings is 1. The van der Waals surface area contributed by atoms with E-state index in [2.05, 4.69) is 20.4 Å². The Labute approximate surface area is 162 Å². The monoisotopic (exact) mass is 378 g/mol. The molecule has 2 aromatic heterocycles. The zero-order valence-electron chi connectivity index (χ0n) is 15.7. The summed E-state index contributed by atoms with van der Waals surface area (Å²) in [5.74, 6) is 1.55. The highest BCUT2D eigenvalue weighted by atomic mass is 16.5. The summed E-state index contributed by atoms with van der Waals surface area (Å²) in [6.07, 6.45) is 5.18. The fourth-order valence-corrected chi connectivity index (χ4v) is 3.19. The number of rotatable bonds is 6. The quantitative estimate of drug-likeness (QED) is 0.641. The molecule has 1 aliphatic heterocycles. The number of aromatic nitrogens is 3. The largest absolute Gasteiger partial charge is 0.490 e. The van der Waals surface area contributed by atoms with Gasteiger partial charge in [0.25, 0.3) is 5.56 Å². The molecule has 28 heavy (non-hydrogen) atoms. The van der Waals surface area contributed by atoms with Crippen LogP contribution < -0.4 is 15.6 Å². The van der Waals surface area contributed by atoms with Crippen molar-refractivity contribution in [2.75, 3.05) is 13.2 Å². The Bertz CT molecular complexity index is 1050. The zero-order valence-corrected chi connectivity index (χ0v) is 15.7. The standard InChI is InChI=1S/C21H22N4O3/c1-2-3-9-27-16-6-4-5-14(10-16)11-19-24-20(25-28-19)17-12-15-13-22-8-7-18(15)23-21(17)26/h2-6,10,12,22H,7-9,11,13H2,1H3,(H,23,26)/b3-2+. The van der Waals surface area contributed by atoms with Crippen molar-refractivity contribution >= 4 is 0 Å². The number of aromatic amines is 1. The topological polar surface area (TPSA) is 93.0 Å². The molecule has 7 nitrogen and oxygen atoms in total. The Balaban J connectivity index is 1.52. The van der Waals surface area contributed by atoms with E-state index in [0.29, 0.717) is 30.3 Å². The van der Waals surface area contributed by atoms with Gasteiger partial charge in [-0.05, 0) is 36.2 Å². The van der Waals surface area contributed by atoms with Gasteiger partial charge in [0.1, 0.15) is 12.4 Å². The second kappa shape index (κ2) is 8.22. The van der Waals surface area contributed by atoms with Crippen molar-refractivity contribution in [2.24, 2.45) is 0 Å². The third kappa shape index (κ3) is 4.04. The average Bonchev–Trinajstić information content (AvgIpc) is 3.16. The van der Waals surface area contributed by atoms with Crippen LogP contribution in [0.4, 0.5) is 0 Å². The average molecular weight is 378 g/mol. The van der Waals surface area contributed by atoms with Gasteiger partial charge in [-0.3, -0.25) is 4.79 Å². The van der Waals surface area contributed by atoms with Gasteiger partial charge in [-0.15, -0.1) is 0 Å². The van der Waals surface area contributed by atoms with Crippen LogP contribution in [-0.2, 0) is 19.4 Å². The summed E-state index contributed by atoms with van der Waals surface area (Å²) in [6.45, 7) is 4.08. The SMILES string of the molecule is C/C=C/COc1cccc(Cc2nc(-c3cc4c([nH]c3=O)CCNC4)no2)c1. The number of allylic oxidation sites excluding steroid dienone is 1. The smallest absolute Gasteiger partial charge is 0.259 e. The Kier molecular flexibility index (Phi) is 5.34. The van der Waals surface area contributed by atoms with Crippen LogP contribution in [0.25, 0.3) is 11.4 Å². The van der Waals surface area contributed by atoms with Gasteiger partial charge in [-0.2, -0.15) is 4.98 Å². The molecule has 0 atom stereocenters. The number of ether oxygens (including phenoxy) is 1. The summed E-state index contributed by atoms with van der Waals surface area (Å²) in [7, 11) is 0. The van der Waals surface area contributed by atoms with Gasteiger partial charge in [0, 0.05) is 25.2 Å². The van der Waals surface area contributed by atoms with Gasteiger partial charge in [0.05, 0.1) is 12.0 Å². The number of H-pyrrole nitrogens is 1. The summed E-state index contributed by atoms with van der Waals surface area (Å²) < 4.78 is 11.0. The van der Waals surface area contributed by atoms with E-state index in [1.165, 1.54) is 0 Å². The maximum absolute atomic E-state index is 12.4. The van der Waals surface area contributed by atoms with Crippen molar-refractivity contribution in [3.63, 3.8) is 0 Å². The molecule has 0 amide bonds. The number of hydrogen-bond acceptors (Lipinski definition) is 6. The van der Waals surface area contributed by atoms with Gasteiger partial charge in [-0.25, -0.2) is 0 Å². The van der Waals surface area contributed by atoms with E-state index >= 15 is 0 Å². The number of nitrogens with zero attached hydrogens (tertiary/aromatic N) is 2. The normalized spacial score (nSPS) is 13.6. The van der Waals surface area contributed by atoms with Crippen LogP contribution in [0.1, 0.15) is 29.6 Å². The zero-order chi connectivity index (χ0) is 19.3. The van der Waals surface area contributed by atoms with Crippen LogP contribution in [0.3, 0.4) is 0 Å². The number of hydrogen-bond donors (Lipinski definition) is 2. The molecule has 144 valence electrons. The molecule has 3 aromatic rings. The minimum absolute atomic E-state index is 0.188. The molecule has 7 heteroatoms. The van der Waals surface area contributed by atoms with Crippen LogP contribution >= 0.6 is 0 Å². The lowest BCUT2D eigenvalue weighted by atomic mass is 10.0. The van der Waals surface area contributed by atoms with Gasteiger partial charge >= 0.3 is 0 Å². The molecule has 0 radical (unpaired) electrons. The molecule has 0 saturated carbocycles. The summed E-state index contributed by atoms with van der Waals surface area (Å²) in [5, 5.41) is 7.31. The second-order valence-electron chi connectivity index (χ2n) is 6.66. The minimum atomic E-state index is -0.188. The van der Waals surface area contributed by atoms with Gasteiger partial charge in [-0.1, -0.05) is 29.4 Å². The van der Waals surface area contributed by atoms with Gasteiger partial charge in [0.2, 0.25) is 11.7 Å². The Morgan fingerprint density at radius 2 is 2.25 bits per heavy atom.